The number of rotatable bonds is 8. The van der Waals surface area contributed by atoms with Gasteiger partial charge in [-0.1, -0.05) is 27.7 Å². The van der Waals surface area contributed by atoms with Crippen molar-refractivity contribution in [1.82, 2.24) is 0 Å². The van der Waals surface area contributed by atoms with E-state index in [1.165, 1.54) is 56.3 Å². The normalized spacial score (nSPS) is 12.0. The van der Waals surface area contributed by atoms with E-state index in [-0.39, 0.29) is 1.43 Å². The van der Waals surface area contributed by atoms with E-state index < -0.39 is 0 Å². The fourth-order valence-electron chi connectivity index (χ4n) is 2.57. The summed E-state index contributed by atoms with van der Waals surface area (Å²) in [6, 6.07) is 0. The van der Waals surface area contributed by atoms with Crippen LogP contribution in [0.5, 0.6) is 0 Å². The van der Waals surface area contributed by atoms with Crippen molar-refractivity contribution in [3.8, 4) is 0 Å². The molecule has 0 N–H and O–H groups in total. The van der Waals surface area contributed by atoms with Crippen molar-refractivity contribution >= 4 is 0 Å². The van der Waals surface area contributed by atoms with Crippen LogP contribution in [0.3, 0.4) is 0 Å². The van der Waals surface area contributed by atoms with Gasteiger partial charge in [0.1, 0.15) is 0 Å². The van der Waals surface area contributed by atoms with Crippen molar-refractivity contribution in [3.63, 3.8) is 0 Å². The van der Waals surface area contributed by atoms with Gasteiger partial charge in [-0.05, 0) is 25.7 Å². The minimum absolute atomic E-state index is 0. The van der Waals surface area contributed by atoms with Crippen LogP contribution in [0.1, 0.15) is 54.8 Å². The van der Waals surface area contributed by atoms with Crippen molar-refractivity contribution in [2.24, 2.45) is 0 Å². The van der Waals surface area contributed by atoms with Gasteiger partial charge < -0.3 is 4.48 Å². The summed E-state index contributed by atoms with van der Waals surface area (Å²) in [6.07, 6.45) is 5.33. The summed E-state index contributed by atoms with van der Waals surface area (Å²) in [7, 11) is 0. The molecule has 0 aliphatic rings. The van der Waals surface area contributed by atoms with E-state index in [9.17, 15) is 0 Å². The van der Waals surface area contributed by atoms with E-state index >= 15 is 0 Å². The fourth-order valence-corrected chi connectivity index (χ4v) is 2.57. The van der Waals surface area contributed by atoms with Crippen molar-refractivity contribution < 1.29 is 5.91 Å². The van der Waals surface area contributed by atoms with Crippen molar-refractivity contribution in [2.75, 3.05) is 26.2 Å². The van der Waals surface area contributed by atoms with Crippen molar-refractivity contribution in [2.45, 2.75) is 53.4 Å². The van der Waals surface area contributed by atoms with Gasteiger partial charge >= 0.3 is 0 Å². The second-order valence-corrected chi connectivity index (χ2v) is 4.24. The highest BCUT2D eigenvalue weighted by Gasteiger charge is 2.22. The molecule has 0 heterocycles. The van der Waals surface area contributed by atoms with E-state index in [2.05, 4.69) is 27.7 Å². The smallest absolute Gasteiger partial charge is 0.0783 e. The van der Waals surface area contributed by atoms with Crippen LogP contribution in [0.25, 0.3) is 0 Å². The first-order valence-corrected chi connectivity index (χ1v) is 6.09. The van der Waals surface area contributed by atoms with Crippen LogP contribution < -0.4 is 0 Å². The molecule has 0 atom stereocenters. The van der Waals surface area contributed by atoms with Gasteiger partial charge in [0.05, 0.1) is 26.2 Å². The number of nitrogens with zero attached hydrogens (tertiary/aromatic N) is 1. The molecule has 0 fully saturated rings. The Bertz CT molecular complexity index is 85.4. The maximum absolute atomic E-state index is 2.31. The summed E-state index contributed by atoms with van der Waals surface area (Å²) in [5.41, 5.74) is 0. The van der Waals surface area contributed by atoms with Crippen LogP contribution in [0, 0.1) is 0 Å². The zero-order valence-corrected chi connectivity index (χ0v) is 10.1. The average molecular weight is 187 g/mol. The molecule has 0 spiro atoms. The fraction of sp³-hybridized carbons (Fsp3) is 1.00. The Balaban J connectivity index is 0. The monoisotopic (exact) mass is 187 g/mol. The molecule has 0 aliphatic carbocycles. The summed E-state index contributed by atoms with van der Waals surface area (Å²) in [4.78, 5) is 0. The van der Waals surface area contributed by atoms with E-state index in [1.54, 1.807) is 0 Å². The average Bonchev–Trinajstić information content (AvgIpc) is 2.06. The molecule has 13 heavy (non-hydrogen) atoms. The SMILES string of the molecule is CCC[N+](CCC)(CCC)CCC.[H]. The Morgan fingerprint density at radius 2 is 0.846 bits per heavy atom. The van der Waals surface area contributed by atoms with Crippen LogP contribution in [-0.4, -0.2) is 30.7 Å². The number of hydrogen-bond acceptors (Lipinski definition) is 0. The quantitative estimate of drug-likeness (QED) is 0.510. The summed E-state index contributed by atoms with van der Waals surface area (Å²) in [6.45, 7) is 14.8. The highest BCUT2D eigenvalue weighted by atomic mass is 15.3. The van der Waals surface area contributed by atoms with Crippen LogP contribution in [0.15, 0.2) is 0 Å². The van der Waals surface area contributed by atoms with Crippen LogP contribution in [0.2, 0.25) is 0 Å². The Morgan fingerprint density at radius 3 is 1.00 bits per heavy atom. The lowest BCUT2D eigenvalue weighted by Crippen LogP contribution is -2.50. The van der Waals surface area contributed by atoms with E-state index in [1.807, 2.05) is 0 Å². The number of hydrogen-bond donors (Lipinski definition) is 0. The van der Waals surface area contributed by atoms with E-state index in [0.29, 0.717) is 0 Å². The molecule has 0 bridgehead atoms. The molecule has 0 saturated heterocycles. The van der Waals surface area contributed by atoms with Crippen LogP contribution in [-0.2, 0) is 0 Å². The van der Waals surface area contributed by atoms with Crippen LogP contribution in [0.4, 0.5) is 0 Å². The second-order valence-electron chi connectivity index (χ2n) is 4.24. The second kappa shape index (κ2) is 7.37. The van der Waals surface area contributed by atoms with E-state index in [0.717, 1.165) is 0 Å². The molecule has 0 unspecified atom stereocenters. The highest BCUT2D eigenvalue weighted by molar-refractivity contribution is 4.43. The molecule has 1 radical (unpaired) electrons. The minimum Gasteiger partial charge on any atom is -0.324 e. The Labute approximate surface area is 86.2 Å². The lowest BCUT2D eigenvalue weighted by molar-refractivity contribution is -0.928. The van der Waals surface area contributed by atoms with E-state index in [4.69, 9.17) is 0 Å². The summed E-state index contributed by atoms with van der Waals surface area (Å²) < 4.78 is 1.38. The topological polar surface area (TPSA) is 0 Å². The molecule has 1 heteroatoms. The number of quaternary nitrogens is 1. The predicted octanol–water partition coefficient (Wildman–Crippen LogP) is 3.56. The first-order valence-electron chi connectivity index (χ1n) is 6.09. The summed E-state index contributed by atoms with van der Waals surface area (Å²) in [5.74, 6) is 0. The van der Waals surface area contributed by atoms with Gasteiger partial charge in [0.15, 0.2) is 0 Å². The Kier molecular flexibility index (Phi) is 7.35. The molecule has 0 saturated carbocycles. The zero-order valence-electron chi connectivity index (χ0n) is 11.1. The minimum atomic E-state index is 0. The van der Waals surface area contributed by atoms with Gasteiger partial charge in [-0.3, -0.25) is 0 Å². The third-order valence-corrected chi connectivity index (χ3v) is 2.79. The largest absolute Gasteiger partial charge is 0.324 e. The molecular weight excluding hydrogens is 158 g/mol. The Hall–Kier alpha value is -0.0400. The molecule has 1 nitrogen and oxygen atoms in total. The summed E-state index contributed by atoms with van der Waals surface area (Å²) in [5, 5.41) is 0. The molecule has 0 aromatic carbocycles. The van der Waals surface area contributed by atoms with Crippen LogP contribution >= 0.6 is 0 Å². The third kappa shape index (κ3) is 4.66. The standard InChI is InChI=1S/C12H28N.H/c1-5-9-13(10-6-2,11-7-3)12-8-4;/h5-12H2,1-4H3;/q+1;. The maximum atomic E-state index is 2.31. The maximum Gasteiger partial charge on any atom is 0.0783 e. The van der Waals surface area contributed by atoms with Crippen molar-refractivity contribution in [1.29, 1.82) is 0 Å². The molecular formula is C12H29N+. The first kappa shape index (κ1) is 13.0. The van der Waals surface area contributed by atoms with Gasteiger partial charge in [0.2, 0.25) is 0 Å². The third-order valence-electron chi connectivity index (χ3n) is 2.79. The summed E-state index contributed by atoms with van der Waals surface area (Å²) >= 11 is 0. The van der Waals surface area contributed by atoms with Gasteiger partial charge in [0, 0.05) is 1.43 Å². The van der Waals surface area contributed by atoms with Gasteiger partial charge in [-0.2, -0.15) is 0 Å². The highest BCUT2D eigenvalue weighted by Crippen LogP contribution is 2.12. The lowest BCUT2D eigenvalue weighted by Gasteiger charge is -2.38. The Morgan fingerprint density at radius 1 is 0.615 bits per heavy atom. The molecule has 0 amide bonds. The molecule has 0 aromatic rings. The van der Waals surface area contributed by atoms with Crippen molar-refractivity contribution in [3.05, 3.63) is 0 Å². The first-order chi connectivity index (χ1) is 6.24. The van der Waals surface area contributed by atoms with Gasteiger partial charge in [0.25, 0.3) is 0 Å². The molecule has 0 aliphatic heterocycles. The zero-order chi connectivity index (χ0) is 10.2. The molecule has 81 valence electrons. The molecule has 0 rings (SSSR count). The van der Waals surface area contributed by atoms with Gasteiger partial charge in [-0.25, -0.2) is 0 Å². The van der Waals surface area contributed by atoms with Gasteiger partial charge in [-0.15, -0.1) is 0 Å². The molecule has 0 aromatic heterocycles. The predicted molar refractivity (Wildman–Crippen MR) is 62.0 cm³/mol. The lowest BCUT2D eigenvalue weighted by atomic mass is 10.2.